The van der Waals surface area contributed by atoms with E-state index in [4.69, 9.17) is 4.74 Å². The summed E-state index contributed by atoms with van der Waals surface area (Å²) in [7, 11) is 1.31. The standard InChI is InChI=1S/C14H15NO4/c1-18-13(16)11-7-12(15-8-11)14(17)19-9-10-5-3-2-4-6-10/h2-6,8,12,15H,7,9H2,1H3/t12-/m0/s1. The first kappa shape index (κ1) is 13.1. The van der Waals surface area contributed by atoms with Crippen molar-refractivity contribution >= 4 is 11.9 Å². The second-order valence-electron chi connectivity index (χ2n) is 4.18. The molecule has 0 aliphatic carbocycles. The molecule has 100 valence electrons. The highest BCUT2D eigenvalue weighted by atomic mass is 16.5. The van der Waals surface area contributed by atoms with Crippen LogP contribution in [-0.4, -0.2) is 25.1 Å². The zero-order chi connectivity index (χ0) is 13.7. The smallest absolute Gasteiger partial charge is 0.335 e. The van der Waals surface area contributed by atoms with Gasteiger partial charge in [0.15, 0.2) is 0 Å². The summed E-state index contributed by atoms with van der Waals surface area (Å²) in [6.07, 6.45) is 1.79. The summed E-state index contributed by atoms with van der Waals surface area (Å²) in [6.45, 7) is 0.228. The molecule has 1 aromatic carbocycles. The highest BCUT2D eigenvalue weighted by molar-refractivity contribution is 5.91. The molecular weight excluding hydrogens is 246 g/mol. The minimum Gasteiger partial charge on any atom is -0.466 e. The monoisotopic (exact) mass is 261 g/mol. The van der Waals surface area contributed by atoms with E-state index in [-0.39, 0.29) is 12.6 Å². The fourth-order valence-electron chi connectivity index (χ4n) is 1.79. The van der Waals surface area contributed by atoms with Crippen LogP contribution >= 0.6 is 0 Å². The molecule has 0 aromatic heterocycles. The molecule has 5 nitrogen and oxygen atoms in total. The highest BCUT2D eigenvalue weighted by Gasteiger charge is 2.28. The lowest BCUT2D eigenvalue weighted by molar-refractivity contribution is -0.147. The number of benzene rings is 1. The van der Waals surface area contributed by atoms with Gasteiger partial charge in [-0.1, -0.05) is 30.3 Å². The van der Waals surface area contributed by atoms with Gasteiger partial charge in [0, 0.05) is 12.6 Å². The van der Waals surface area contributed by atoms with Crippen molar-refractivity contribution in [2.24, 2.45) is 0 Å². The molecule has 19 heavy (non-hydrogen) atoms. The third-order valence-corrected chi connectivity index (χ3v) is 2.84. The molecule has 5 heteroatoms. The Morgan fingerprint density at radius 2 is 2.05 bits per heavy atom. The van der Waals surface area contributed by atoms with E-state index in [1.54, 1.807) is 0 Å². The Morgan fingerprint density at radius 1 is 1.32 bits per heavy atom. The van der Waals surface area contributed by atoms with E-state index < -0.39 is 12.0 Å². The van der Waals surface area contributed by atoms with Crippen molar-refractivity contribution in [3.63, 3.8) is 0 Å². The Bertz CT molecular complexity index is 495. The van der Waals surface area contributed by atoms with Crippen molar-refractivity contribution in [2.45, 2.75) is 19.1 Å². The maximum absolute atomic E-state index is 11.8. The van der Waals surface area contributed by atoms with Crippen LogP contribution in [0.15, 0.2) is 42.1 Å². The van der Waals surface area contributed by atoms with Crippen molar-refractivity contribution in [3.8, 4) is 0 Å². The Kier molecular flexibility index (Phi) is 4.18. The third-order valence-electron chi connectivity index (χ3n) is 2.84. The lowest BCUT2D eigenvalue weighted by atomic mass is 10.1. The van der Waals surface area contributed by atoms with Crippen LogP contribution in [0.5, 0.6) is 0 Å². The highest BCUT2D eigenvalue weighted by Crippen LogP contribution is 2.15. The number of carbonyl (C=O) groups is 2. The molecule has 0 fully saturated rings. The third kappa shape index (κ3) is 3.34. The second-order valence-corrected chi connectivity index (χ2v) is 4.18. The first-order valence-corrected chi connectivity index (χ1v) is 5.94. The zero-order valence-electron chi connectivity index (χ0n) is 10.6. The molecule has 2 rings (SSSR count). The Hall–Kier alpha value is -2.30. The van der Waals surface area contributed by atoms with Crippen molar-refractivity contribution in [1.29, 1.82) is 0 Å². The Morgan fingerprint density at radius 3 is 2.74 bits per heavy atom. The molecule has 1 aliphatic heterocycles. The molecule has 1 atom stereocenters. The number of esters is 2. The van der Waals surface area contributed by atoms with Crippen molar-refractivity contribution in [3.05, 3.63) is 47.7 Å². The minimum absolute atomic E-state index is 0.228. The SMILES string of the molecule is COC(=O)C1=CN[C@H](C(=O)OCc2ccccc2)C1. The molecule has 1 aliphatic rings. The van der Waals surface area contributed by atoms with Gasteiger partial charge >= 0.3 is 11.9 Å². The van der Waals surface area contributed by atoms with Crippen molar-refractivity contribution in [2.75, 3.05) is 7.11 Å². The molecule has 0 radical (unpaired) electrons. The summed E-state index contributed by atoms with van der Waals surface area (Å²) in [5.41, 5.74) is 1.37. The number of hydrogen-bond acceptors (Lipinski definition) is 5. The van der Waals surface area contributed by atoms with E-state index in [1.807, 2.05) is 30.3 Å². The summed E-state index contributed by atoms with van der Waals surface area (Å²) in [4.78, 5) is 23.1. The summed E-state index contributed by atoms with van der Waals surface area (Å²) < 4.78 is 9.78. The Labute approximate surface area is 111 Å². The molecule has 0 amide bonds. The minimum atomic E-state index is -0.516. The summed E-state index contributed by atoms with van der Waals surface area (Å²) in [5.74, 6) is -0.801. The van der Waals surface area contributed by atoms with E-state index in [2.05, 4.69) is 10.1 Å². The number of rotatable bonds is 4. The zero-order valence-corrected chi connectivity index (χ0v) is 10.6. The van der Waals surface area contributed by atoms with E-state index >= 15 is 0 Å². The van der Waals surface area contributed by atoms with Crippen LogP contribution in [0.4, 0.5) is 0 Å². The van der Waals surface area contributed by atoms with Gasteiger partial charge in [-0.2, -0.15) is 0 Å². The molecule has 0 saturated carbocycles. The van der Waals surface area contributed by atoms with Gasteiger partial charge in [-0.3, -0.25) is 0 Å². The van der Waals surface area contributed by atoms with Crippen LogP contribution in [0, 0.1) is 0 Å². The molecule has 1 heterocycles. The van der Waals surface area contributed by atoms with Gasteiger partial charge in [0.1, 0.15) is 12.6 Å². The van der Waals surface area contributed by atoms with E-state index in [0.717, 1.165) is 5.56 Å². The van der Waals surface area contributed by atoms with Crippen LogP contribution in [0.3, 0.4) is 0 Å². The van der Waals surface area contributed by atoms with Crippen molar-refractivity contribution in [1.82, 2.24) is 5.32 Å². The van der Waals surface area contributed by atoms with Crippen LogP contribution in [-0.2, 0) is 25.7 Å². The summed E-state index contributed by atoms with van der Waals surface area (Å²) in [6, 6.07) is 8.91. The molecule has 1 aromatic rings. The topological polar surface area (TPSA) is 64.6 Å². The molecule has 0 bridgehead atoms. The molecule has 0 spiro atoms. The largest absolute Gasteiger partial charge is 0.466 e. The average molecular weight is 261 g/mol. The van der Waals surface area contributed by atoms with Gasteiger partial charge in [-0.05, 0) is 5.56 Å². The van der Waals surface area contributed by atoms with Crippen LogP contribution in [0.2, 0.25) is 0 Å². The number of nitrogens with one attached hydrogen (secondary N) is 1. The first-order chi connectivity index (χ1) is 9.20. The molecule has 0 unspecified atom stereocenters. The Balaban J connectivity index is 1.81. The number of methoxy groups -OCH3 is 1. The van der Waals surface area contributed by atoms with Gasteiger partial charge in [-0.25, -0.2) is 9.59 Å². The van der Waals surface area contributed by atoms with Gasteiger partial charge in [-0.15, -0.1) is 0 Å². The molecular formula is C14H15NO4. The van der Waals surface area contributed by atoms with E-state index in [0.29, 0.717) is 12.0 Å². The number of carbonyl (C=O) groups excluding carboxylic acids is 2. The lowest BCUT2D eigenvalue weighted by Crippen LogP contribution is -2.31. The normalized spacial score (nSPS) is 17.3. The number of ether oxygens (including phenoxy) is 2. The predicted molar refractivity (Wildman–Crippen MR) is 67.9 cm³/mol. The fourth-order valence-corrected chi connectivity index (χ4v) is 1.79. The van der Waals surface area contributed by atoms with Crippen LogP contribution in [0.25, 0.3) is 0 Å². The van der Waals surface area contributed by atoms with Gasteiger partial charge in [0.2, 0.25) is 0 Å². The van der Waals surface area contributed by atoms with Crippen LogP contribution < -0.4 is 5.32 Å². The lowest BCUT2D eigenvalue weighted by Gasteiger charge is -2.11. The van der Waals surface area contributed by atoms with Gasteiger partial charge in [0.05, 0.1) is 12.7 Å². The quantitative estimate of drug-likeness (QED) is 0.824. The average Bonchev–Trinajstić information content (AvgIpc) is 2.95. The summed E-state index contributed by atoms with van der Waals surface area (Å²) in [5, 5.41) is 2.82. The summed E-state index contributed by atoms with van der Waals surface area (Å²) >= 11 is 0. The second kappa shape index (κ2) is 6.04. The first-order valence-electron chi connectivity index (χ1n) is 5.94. The fraction of sp³-hybridized carbons (Fsp3) is 0.286. The van der Waals surface area contributed by atoms with E-state index in [9.17, 15) is 9.59 Å². The predicted octanol–water partition coefficient (Wildman–Crippen LogP) is 1.15. The van der Waals surface area contributed by atoms with E-state index in [1.165, 1.54) is 13.3 Å². The van der Waals surface area contributed by atoms with Crippen LogP contribution in [0.1, 0.15) is 12.0 Å². The molecule has 0 saturated heterocycles. The van der Waals surface area contributed by atoms with Gasteiger partial charge < -0.3 is 14.8 Å². The van der Waals surface area contributed by atoms with Gasteiger partial charge in [0.25, 0.3) is 0 Å². The molecule has 1 N–H and O–H groups in total. The maximum Gasteiger partial charge on any atom is 0.335 e. The maximum atomic E-state index is 11.8. The van der Waals surface area contributed by atoms with Crippen molar-refractivity contribution < 1.29 is 19.1 Å². The number of hydrogen-bond donors (Lipinski definition) is 1.